The van der Waals surface area contributed by atoms with Gasteiger partial charge in [0, 0.05) is 44.9 Å². The van der Waals surface area contributed by atoms with Crippen molar-refractivity contribution in [2.24, 2.45) is 0 Å². The summed E-state index contributed by atoms with van der Waals surface area (Å²) in [6.07, 6.45) is 0. The van der Waals surface area contributed by atoms with E-state index in [4.69, 9.17) is 0 Å². The zero-order chi connectivity index (χ0) is 17.8. The summed E-state index contributed by atoms with van der Waals surface area (Å²) in [6, 6.07) is 11.3. The van der Waals surface area contributed by atoms with Crippen LogP contribution in [0.3, 0.4) is 0 Å². The summed E-state index contributed by atoms with van der Waals surface area (Å²) in [6.45, 7) is 5.46. The lowest BCUT2D eigenvalue weighted by Gasteiger charge is -2.34. The van der Waals surface area contributed by atoms with Gasteiger partial charge in [-0.05, 0) is 19.1 Å². The van der Waals surface area contributed by atoms with Gasteiger partial charge >= 0.3 is 0 Å². The van der Waals surface area contributed by atoms with Crippen molar-refractivity contribution in [3.8, 4) is 0 Å². The van der Waals surface area contributed by atoms with Crippen LogP contribution in [0.2, 0.25) is 0 Å². The number of carbonyl (C=O) groups is 2. The molecule has 1 aromatic heterocycles. The van der Waals surface area contributed by atoms with Crippen LogP contribution in [0, 0.1) is 6.92 Å². The number of nitrogens with zero attached hydrogens (tertiary/aromatic N) is 4. The second-order valence-corrected chi connectivity index (χ2v) is 5.97. The Bertz CT molecular complexity index is 770. The molecule has 0 saturated carbocycles. The van der Waals surface area contributed by atoms with Crippen LogP contribution >= 0.6 is 0 Å². The number of benzene rings is 1. The van der Waals surface area contributed by atoms with Crippen LogP contribution in [-0.4, -0.2) is 57.8 Å². The number of aromatic nitrogens is 2. The van der Waals surface area contributed by atoms with Gasteiger partial charge in [0.05, 0.1) is 0 Å². The third-order valence-corrected chi connectivity index (χ3v) is 4.12. The van der Waals surface area contributed by atoms with E-state index in [9.17, 15) is 9.59 Å². The van der Waals surface area contributed by atoms with Crippen LogP contribution in [0.5, 0.6) is 0 Å². The maximum Gasteiger partial charge on any atom is 0.272 e. The Hall–Kier alpha value is -2.96. The quantitative estimate of drug-likeness (QED) is 0.923. The molecule has 1 aliphatic rings. The lowest BCUT2D eigenvalue weighted by Crippen LogP contribution is -2.50. The lowest BCUT2D eigenvalue weighted by molar-refractivity contribution is -0.130. The van der Waals surface area contributed by atoms with Crippen molar-refractivity contribution < 1.29 is 9.59 Å². The molecule has 7 heteroatoms. The molecule has 0 aliphatic carbocycles. The van der Waals surface area contributed by atoms with Gasteiger partial charge in [-0.3, -0.25) is 9.59 Å². The molecule has 25 heavy (non-hydrogen) atoms. The highest BCUT2D eigenvalue weighted by Crippen LogP contribution is 2.16. The molecule has 3 rings (SSSR count). The molecule has 2 amide bonds. The van der Waals surface area contributed by atoms with Crippen molar-refractivity contribution in [1.29, 1.82) is 0 Å². The average Bonchev–Trinajstić information content (AvgIpc) is 2.61. The number of anilines is 2. The summed E-state index contributed by atoms with van der Waals surface area (Å²) in [5.41, 5.74) is 1.26. The van der Waals surface area contributed by atoms with E-state index in [0.29, 0.717) is 43.5 Å². The highest BCUT2D eigenvalue weighted by Gasteiger charge is 2.24. The molecule has 7 nitrogen and oxygen atoms in total. The van der Waals surface area contributed by atoms with E-state index in [1.165, 1.54) is 0 Å². The molecule has 0 atom stereocenters. The topological polar surface area (TPSA) is 78.4 Å². The van der Waals surface area contributed by atoms with E-state index in [-0.39, 0.29) is 11.8 Å². The van der Waals surface area contributed by atoms with Gasteiger partial charge in [0.15, 0.2) is 0 Å². The molecular formula is C18H21N5O2. The molecule has 0 radical (unpaired) electrons. The molecule has 0 spiro atoms. The average molecular weight is 339 g/mol. The van der Waals surface area contributed by atoms with Crippen molar-refractivity contribution in [2.75, 3.05) is 31.5 Å². The molecule has 0 unspecified atom stereocenters. The molecule has 1 saturated heterocycles. The molecular weight excluding hydrogens is 318 g/mol. The number of amides is 2. The lowest BCUT2D eigenvalue weighted by atomic mass is 10.2. The minimum atomic E-state index is -0.134. The number of nitrogens with one attached hydrogen (secondary N) is 1. The molecule has 1 N–H and O–H groups in total. The van der Waals surface area contributed by atoms with Gasteiger partial charge in [0.25, 0.3) is 5.91 Å². The number of carbonyl (C=O) groups excluding carboxylic acids is 2. The monoisotopic (exact) mass is 339 g/mol. The van der Waals surface area contributed by atoms with Crippen molar-refractivity contribution in [3.63, 3.8) is 0 Å². The summed E-state index contributed by atoms with van der Waals surface area (Å²) in [4.78, 5) is 36.2. The first-order valence-electron chi connectivity index (χ1n) is 8.25. The van der Waals surface area contributed by atoms with E-state index in [1.807, 2.05) is 30.3 Å². The SMILES string of the molecule is CC(=O)N1CCN(C(=O)c2cc(Nc3ccccc3)nc(C)n2)CC1. The summed E-state index contributed by atoms with van der Waals surface area (Å²) in [5, 5.41) is 3.19. The van der Waals surface area contributed by atoms with Gasteiger partial charge in [-0.1, -0.05) is 18.2 Å². The van der Waals surface area contributed by atoms with E-state index >= 15 is 0 Å². The van der Waals surface area contributed by atoms with Gasteiger partial charge in [0.1, 0.15) is 17.3 Å². The summed E-state index contributed by atoms with van der Waals surface area (Å²) < 4.78 is 0. The van der Waals surface area contributed by atoms with Gasteiger partial charge in [-0.15, -0.1) is 0 Å². The van der Waals surface area contributed by atoms with Gasteiger partial charge in [-0.25, -0.2) is 9.97 Å². The number of hydrogen-bond acceptors (Lipinski definition) is 5. The fourth-order valence-corrected chi connectivity index (χ4v) is 2.80. The third-order valence-electron chi connectivity index (χ3n) is 4.12. The largest absolute Gasteiger partial charge is 0.340 e. The Kier molecular flexibility index (Phi) is 4.92. The van der Waals surface area contributed by atoms with E-state index < -0.39 is 0 Å². The fraction of sp³-hybridized carbons (Fsp3) is 0.333. The normalized spacial score (nSPS) is 14.3. The first kappa shape index (κ1) is 16.9. The van der Waals surface area contributed by atoms with Crippen LogP contribution in [0.15, 0.2) is 36.4 Å². The van der Waals surface area contributed by atoms with Crippen molar-refractivity contribution in [3.05, 3.63) is 47.9 Å². The Morgan fingerprint density at radius 3 is 2.28 bits per heavy atom. The minimum absolute atomic E-state index is 0.0410. The fourth-order valence-electron chi connectivity index (χ4n) is 2.80. The van der Waals surface area contributed by atoms with E-state index in [2.05, 4.69) is 15.3 Å². The van der Waals surface area contributed by atoms with Crippen LogP contribution in [0.25, 0.3) is 0 Å². The summed E-state index contributed by atoms with van der Waals surface area (Å²) in [5.74, 6) is 1.03. The van der Waals surface area contributed by atoms with Crippen LogP contribution in [-0.2, 0) is 4.79 Å². The van der Waals surface area contributed by atoms with Crippen molar-refractivity contribution in [1.82, 2.24) is 19.8 Å². The first-order valence-corrected chi connectivity index (χ1v) is 8.25. The van der Waals surface area contributed by atoms with Crippen LogP contribution < -0.4 is 5.32 Å². The number of aryl methyl sites for hydroxylation is 1. The predicted octanol–water partition coefficient (Wildman–Crippen LogP) is 1.83. The summed E-state index contributed by atoms with van der Waals surface area (Å²) >= 11 is 0. The molecule has 0 bridgehead atoms. The second-order valence-electron chi connectivity index (χ2n) is 5.97. The van der Waals surface area contributed by atoms with Gasteiger partial charge < -0.3 is 15.1 Å². The number of hydrogen-bond donors (Lipinski definition) is 1. The number of para-hydroxylation sites is 1. The Morgan fingerprint density at radius 2 is 1.64 bits per heavy atom. The summed E-state index contributed by atoms with van der Waals surface area (Å²) in [7, 11) is 0. The molecule has 2 heterocycles. The Balaban J connectivity index is 1.74. The standard InChI is InChI=1S/C18H21N5O2/c1-13-19-16(12-17(20-13)21-15-6-4-3-5-7-15)18(25)23-10-8-22(9-11-23)14(2)24/h3-7,12H,8-11H2,1-2H3,(H,19,20,21). The highest BCUT2D eigenvalue weighted by molar-refractivity contribution is 5.93. The van der Waals surface area contributed by atoms with Crippen LogP contribution in [0.4, 0.5) is 11.5 Å². The third kappa shape index (κ3) is 4.12. The highest BCUT2D eigenvalue weighted by atomic mass is 16.2. The molecule has 1 aliphatic heterocycles. The van der Waals surface area contributed by atoms with E-state index in [0.717, 1.165) is 5.69 Å². The zero-order valence-corrected chi connectivity index (χ0v) is 14.4. The van der Waals surface area contributed by atoms with Crippen LogP contribution in [0.1, 0.15) is 23.2 Å². The first-order chi connectivity index (χ1) is 12.0. The van der Waals surface area contributed by atoms with Crippen molar-refractivity contribution >= 4 is 23.3 Å². The Labute approximate surface area is 146 Å². The molecule has 1 fully saturated rings. The minimum Gasteiger partial charge on any atom is -0.340 e. The maximum atomic E-state index is 12.7. The van der Waals surface area contributed by atoms with Crippen molar-refractivity contribution in [2.45, 2.75) is 13.8 Å². The molecule has 130 valence electrons. The smallest absolute Gasteiger partial charge is 0.272 e. The predicted molar refractivity (Wildman–Crippen MR) is 94.7 cm³/mol. The van der Waals surface area contributed by atoms with Gasteiger partial charge in [-0.2, -0.15) is 0 Å². The Morgan fingerprint density at radius 1 is 1.00 bits per heavy atom. The number of rotatable bonds is 3. The second kappa shape index (κ2) is 7.29. The zero-order valence-electron chi connectivity index (χ0n) is 14.4. The van der Waals surface area contributed by atoms with E-state index in [1.54, 1.807) is 29.7 Å². The molecule has 2 aromatic rings. The van der Waals surface area contributed by atoms with Gasteiger partial charge in [0.2, 0.25) is 5.91 Å². The number of piperazine rings is 1. The maximum absolute atomic E-state index is 12.7. The molecule has 1 aromatic carbocycles.